The van der Waals surface area contributed by atoms with E-state index in [1.54, 1.807) is 18.2 Å². The summed E-state index contributed by atoms with van der Waals surface area (Å²) in [5.41, 5.74) is 6.88. The summed E-state index contributed by atoms with van der Waals surface area (Å²) in [6, 6.07) is 5.06. The number of nitrogens with two attached hydrogens (primary N) is 1. The number of nitrogens with one attached hydrogen (secondary N) is 1. The molecule has 0 fully saturated rings. The van der Waals surface area contributed by atoms with E-state index in [0.717, 1.165) is 25.9 Å². The molecular weight excluding hydrogens is 262 g/mol. The van der Waals surface area contributed by atoms with Gasteiger partial charge in [0.05, 0.1) is 11.4 Å². The molecule has 0 saturated carbocycles. The second-order valence-electron chi connectivity index (χ2n) is 4.69. The Balaban J connectivity index is 2.38. The van der Waals surface area contributed by atoms with E-state index in [4.69, 9.17) is 17.3 Å². The van der Waals surface area contributed by atoms with Crippen molar-refractivity contribution in [1.82, 2.24) is 4.90 Å². The van der Waals surface area contributed by atoms with E-state index in [-0.39, 0.29) is 5.91 Å². The summed E-state index contributed by atoms with van der Waals surface area (Å²) in [6.45, 7) is 3.93. The average molecular weight is 284 g/mol. The van der Waals surface area contributed by atoms with Gasteiger partial charge >= 0.3 is 0 Å². The van der Waals surface area contributed by atoms with Crippen LogP contribution in [0.1, 0.15) is 26.2 Å². The Morgan fingerprint density at radius 3 is 2.79 bits per heavy atom. The summed E-state index contributed by atoms with van der Waals surface area (Å²) in [5.74, 6) is -0.0302. The van der Waals surface area contributed by atoms with Crippen LogP contribution in [-0.2, 0) is 4.79 Å². The van der Waals surface area contributed by atoms with Crippen LogP contribution in [0.15, 0.2) is 18.2 Å². The topological polar surface area (TPSA) is 58.4 Å². The van der Waals surface area contributed by atoms with E-state index in [0.29, 0.717) is 22.8 Å². The normalized spacial score (nSPS) is 10.7. The van der Waals surface area contributed by atoms with Crippen molar-refractivity contribution >= 4 is 28.9 Å². The molecule has 0 aromatic heterocycles. The fraction of sp³-hybridized carbons (Fsp3) is 0.500. The van der Waals surface area contributed by atoms with Gasteiger partial charge in [-0.05, 0) is 38.2 Å². The summed E-state index contributed by atoms with van der Waals surface area (Å²) in [5, 5.41) is 3.36. The highest BCUT2D eigenvalue weighted by atomic mass is 35.5. The third-order valence-electron chi connectivity index (χ3n) is 2.90. The SMILES string of the molecule is CCCCN(C)CCC(=O)Nc1ccc(Cl)cc1N. The third-order valence-corrected chi connectivity index (χ3v) is 3.14. The molecular formula is C14H22ClN3O. The van der Waals surface area contributed by atoms with Crippen molar-refractivity contribution in [2.75, 3.05) is 31.2 Å². The number of hydrogen-bond acceptors (Lipinski definition) is 3. The molecule has 4 nitrogen and oxygen atoms in total. The van der Waals surface area contributed by atoms with Gasteiger partial charge < -0.3 is 16.0 Å². The van der Waals surface area contributed by atoms with Crippen molar-refractivity contribution in [2.45, 2.75) is 26.2 Å². The molecule has 0 unspecified atom stereocenters. The summed E-state index contributed by atoms with van der Waals surface area (Å²) < 4.78 is 0. The molecule has 0 aliphatic carbocycles. The van der Waals surface area contributed by atoms with E-state index in [1.807, 2.05) is 7.05 Å². The quantitative estimate of drug-likeness (QED) is 0.757. The molecule has 1 aromatic carbocycles. The molecule has 0 radical (unpaired) electrons. The number of nitrogen functional groups attached to an aromatic ring is 1. The molecule has 1 aromatic rings. The van der Waals surface area contributed by atoms with Gasteiger partial charge in [-0.2, -0.15) is 0 Å². The number of carbonyl (C=O) groups is 1. The van der Waals surface area contributed by atoms with E-state index in [9.17, 15) is 4.79 Å². The van der Waals surface area contributed by atoms with Crippen LogP contribution in [0.5, 0.6) is 0 Å². The van der Waals surface area contributed by atoms with Gasteiger partial charge in [0.25, 0.3) is 0 Å². The first-order chi connectivity index (χ1) is 9.02. The van der Waals surface area contributed by atoms with E-state index in [2.05, 4.69) is 17.1 Å². The molecule has 1 amide bonds. The lowest BCUT2D eigenvalue weighted by Gasteiger charge is -2.16. The number of anilines is 2. The number of amides is 1. The van der Waals surface area contributed by atoms with Gasteiger partial charge in [-0.15, -0.1) is 0 Å². The first kappa shape index (κ1) is 15.8. The number of carbonyl (C=O) groups excluding carboxylic acids is 1. The molecule has 5 heteroatoms. The first-order valence-electron chi connectivity index (χ1n) is 6.56. The highest BCUT2D eigenvalue weighted by molar-refractivity contribution is 6.31. The lowest BCUT2D eigenvalue weighted by molar-refractivity contribution is -0.116. The minimum atomic E-state index is -0.0302. The Hall–Kier alpha value is -1.26. The lowest BCUT2D eigenvalue weighted by Crippen LogP contribution is -2.25. The number of rotatable bonds is 7. The molecule has 0 heterocycles. The van der Waals surface area contributed by atoms with Crippen molar-refractivity contribution < 1.29 is 4.79 Å². The Kier molecular flexibility index (Phi) is 6.67. The Labute approximate surface area is 119 Å². The van der Waals surface area contributed by atoms with Crippen molar-refractivity contribution in [1.29, 1.82) is 0 Å². The highest BCUT2D eigenvalue weighted by Gasteiger charge is 2.07. The molecule has 1 rings (SSSR count). The summed E-state index contributed by atoms with van der Waals surface area (Å²) in [4.78, 5) is 14.0. The molecule has 19 heavy (non-hydrogen) atoms. The van der Waals surface area contributed by atoms with Gasteiger partial charge in [0.1, 0.15) is 0 Å². The zero-order valence-electron chi connectivity index (χ0n) is 11.6. The molecule has 0 bridgehead atoms. The molecule has 0 atom stereocenters. The fourth-order valence-electron chi connectivity index (χ4n) is 1.69. The number of unbranched alkanes of at least 4 members (excludes halogenated alkanes) is 1. The molecule has 0 spiro atoms. The second kappa shape index (κ2) is 8.02. The summed E-state index contributed by atoms with van der Waals surface area (Å²) in [6.07, 6.45) is 2.78. The summed E-state index contributed by atoms with van der Waals surface area (Å²) >= 11 is 5.81. The van der Waals surface area contributed by atoms with Crippen molar-refractivity contribution in [3.63, 3.8) is 0 Å². The van der Waals surface area contributed by atoms with Gasteiger partial charge in [-0.1, -0.05) is 24.9 Å². The van der Waals surface area contributed by atoms with E-state index in [1.165, 1.54) is 0 Å². The maximum Gasteiger partial charge on any atom is 0.225 e. The molecule has 106 valence electrons. The zero-order chi connectivity index (χ0) is 14.3. The Morgan fingerprint density at radius 2 is 2.16 bits per heavy atom. The zero-order valence-corrected chi connectivity index (χ0v) is 12.3. The van der Waals surface area contributed by atoms with Crippen LogP contribution in [0.25, 0.3) is 0 Å². The standard InChI is InChI=1S/C14H22ClN3O/c1-3-4-8-18(2)9-7-14(19)17-13-6-5-11(15)10-12(13)16/h5-6,10H,3-4,7-9,16H2,1-2H3,(H,17,19). The van der Waals surface area contributed by atoms with Gasteiger partial charge in [0, 0.05) is 18.0 Å². The van der Waals surface area contributed by atoms with Gasteiger partial charge in [-0.25, -0.2) is 0 Å². The fourth-order valence-corrected chi connectivity index (χ4v) is 1.87. The van der Waals surface area contributed by atoms with Crippen LogP contribution < -0.4 is 11.1 Å². The third kappa shape index (κ3) is 5.94. The molecule has 3 N–H and O–H groups in total. The van der Waals surface area contributed by atoms with Crippen molar-refractivity contribution in [3.05, 3.63) is 23.2 Å². The smallest absolute Gasteiger partial charge is 0.225 e. The summed E-state index contributed by atoms with van der Waals surface area (Å²) in [7, 11) is 2.03. The van der Waals surface area contributed by atoms with Crippen LogP contribution in [0.4, 0.5) is 11.4 Å². The highest BCUT2D eigenvalue weighted by Crippen LogP contribution is 2.22. The van der Waals surface area contributed by atoms with Crippen LogP contribution in [-0.4, -0.2) is 30.9 Å². The molecule has 0 aliphatic heterocycles. The maximum absolute atomic E-state index is 11.8. The molecule has 0 saturated heterocycles. The minimum Gasteiger partial charge on any atom is -0.397 e. The average Bonchev–Trinajstić information content (AvgIpc) is 2.37. The van der Waals surface area contributed by atoms with Gasteiger partial charge in [-0.3, -0.25) is 4.79 Å². The second-order valence-corrected chi connectivity index (χ2v) is 5.12. The number of hydrogen-bond donors (Lipinski definition) is 2. The lowest BCUT2D eigenvalue weighted by atomic mass is 10.2. The van der Waals surface area contributed by atoms with Crippen LogP contribution in [0.2, 0.25) is 5.02 Å². The minimum absolute atomic E-state index is 0.0302. The van der Waals surface area contributed by atoms with Crippen LogP contribution >= 0.6 is 11.6 Å². The van der Waals surface area contributed by atoms with E-state index >= 15 is 0 Å². The maximum atomic E-state index is 11.8. The van der Waals surface area contributed by atoms with Crippen molar-refractivity contribution in [3.8, 4) is 0 Å². The Morgan fingerprint density at radius 1 is 1.42 bits per heavy atom. The largest absolute Gasteiger partial charge is 0.397 e. The number of nitrogens with zero attached hydrogens (tertiary/aromatic N) is 1. The number of benzene rings is 1. The predicted octanol–water partition coefficient (Wildman–Crippen LogP) is 2.98. The monoisotopic (exact) mass is 283 g/mol. The first-order valence-corrected chi connectivity index (χ1v) is 6.94. The predicted molar refractivity (Wildman–Crippen MR) is 81.5 cm³/mol. The molecule has 0 aliphatic rings. The van der Waals surface area contributed by atoms with Gasteiger partial charge in [0.15, 0.2) is 0 Å². The Bertz CT molecular complexity index is 423. The van der Waals surface area contributed by atoms with Crippen LogP contribution in [0.3, 0.4) is 0 Å². The number of halogens is 1. The van der Waals surface area contributed by atoms with Gasteiger partial charge in [0.2, 0.25) is 5.91 Å². The van der Waals surface area contributed by atoms with Crippen molar-refractivity contribution in [2.24, 2.45) is 0 Å². The van der Waals surface area contributed by atoms with Crippen LogP contribution in [0, 0.1) is 0 Å². The van der Waals surface area contributed by atoms with E-state index < -0.39 is 0 Å².